The fraction of sp³-hybridized carbons (Fsp3) is 0.833. The van der Waals surface area contributed by atoms with Gasteiger partial charge in [0.1, 0.15) is 0 Å². The number of likely N-dealkylation sites (tertiary alicyclic amines) is 1. The molecule has 0 spiro atoms. The zero-order valence-corrected chi connectivity index (χ0v) is 11.2. The minimum absolute atomic E-state index is 0.0979. The van der Waals surface area contributed by atoms with Crippen LogP contribution in [0.4, 0.5) is 0 Å². The van der Waals surface area contributed by atoms with Crippen LogP contribution in [0, 0.1) is 5.92 Å². The van der Waals surface area contributed by atoms with E-state index >= 15 is 0 Å². The molecule has 0 saturated carbocycles. The van der Waals surface area contributed by atoms with E-state index in [1.165, 1.54) is 0 Å². The quantitative estimate of drug-likeness (QED) is 0.593. The summed E-state index contributed by atoms with van der Waals surface area (Å²) in [7, 11) is 3.56. The molecule has 5 nitrogen and oxygen atoms in total. The van der Waals surface area contributed by atoms with Crippen LogP contribution in [0.25, 0.3) is 0 Å². The summed E-state index contributed by atoms with van der Waals surface area (Å²) in [6.07, 6.45) is 1.69. The third-order valence-corrected chi connectivity index (χ3v) is 3.55. The van der Waals surface area contributed by atoms with Crippen LogP contribution in [0.2, 0.25) is 0 Å². The average molecular weight is 241 g/mol. The van der Waals surface area contributed by atoms with Crippen LogP contribution < -0.4 is 0 Å². The molecule has 0 aromatic heterocycles. The number of rotatable bonds is 3. The summed E-state index contributed by atoms with van der Waals surface area (Å²) < 4.78 is 0. The van der Waals surface area contributed by atoms with Crippen molar-refractivity contribution in [2.75, 3.05) is 27.2 Å². The second kappa shape index (κ2) is 6.00. The SMILES string of the molecule is CCC1CN(C(C)C(=O)N(C)C)CCC1=NO. The highest BCUT2D eigenvalue weighted by atomic mass is 16.4. The zero-order valence-electron chi connectivity index (χ0n) is 11.2. The first-order valence-corrected chi connectivity index (χ1v) is 6.17. The van der Waals surface area contributed by atoms with Crippen LogP contribution in [0.5, 0.6) is 0 Å². The van der Waals surface area contributed by atoms with Crippen LogP contribution in [0.15, 0.2) is 5.16 Å². The smallest absolute Gasteiger partial charge is 0.239 e. The first kappa shape index (κ1) is 14.0. The second-order valence-corrected chi connectivity index (χ2v) is 4.85. The van der Waals surface area contributed by atoms with Crippen molar-refractivity contribution >= 4 is 11.6 Å². The van der Waals surface area contributed by atoms with E-state index in [9.17, 15) is 4.79 Å². The van der Waals surface area contributed by atoms with Crippen molar-refractivity contribution in [3.63, 3.8) is 0 Å². The molecule has 0 bridgehead atoms. The molecular formula is C12H23N3O2. The molecule has 1 aliphatic heterocycles. The Kier molecular flexibility index (Phi) is 4.93. The van der Waals surface area contributed by atoms with E-state index in [1.807, 2.05) is 6.92 Å². The molecule has 17 heavy (non-hydrogen) atoms. The molecule has 0 aliphatic carbocycles. The van der Waals surface area contributed by atoms with Crippen LogP contribution >= 0.6 is 0 Å². The predicted octanol–water partition coefficient (Wildman–Crippen LogP) is 1.03. The van der Waals surface area contributed by atoms with E-state index < -0.39 is 0 Å². The van der Waals surface area contributed by atoms with Gasteiger partial charge in [0, 0.05) is 39.5 Å². The number of oxime groups is 1. The van der Waals surface area contributed by atoms with E-state index in [2.05, 4.69) is 17.0 Å². The maximum absolute atomic E-state index is 11.9. The Balaban J connectivity index is 2.66. The van der Waals surface area contributed by atoms with Gasteiger partial charge in [0.15, 0.2) is 0 Å². The van der Waals surface area contributed by atoms with E-state index in [1.54, 1.807) is 19.0 Å². The van der Waals surface area contributed by atoms with Gasteiger partial charge in [-0.05, 0) is 13.3 Å². The summed E-state index contributed by atoms with van der Waals surface area (Å²) in [6, 6.07) is -0.0979. The lowest BCUT2D eigenvalue weighted by atomic mass is 9.92. The van der Waals surface area contributed by atoms with Crippen LogP contribution in [0.1, 0.15) is 26.7 Å². The Labute approximate surface area is 103 Å². The second-order valence-electron chi connectivity index (χ2n) is 4.85. The zero-order chi connectivity index (χ0) is 13.0. The highest BCUT2D eigenvalue weighted by Crippen LogP contribution is 2.19. The molecule has 98 valence electrons. The van der Waals surface area contributed by atoms with E-state index in [0.717, 1.165) is 31.6 Å². The lowest BCUT2D eigenvalue weighted by molar-refractivity contribution is -0.134. The maximum atomic E-state index is 11.9. The molecule has 1 N–H and O–H groups in total. The number of hydrogen-bond acceptors (Lipinski definition) is 4. The Morgan fingerprint density at radius 3 is 2.76 bits per heavy atom. The Morgan fingerprint density at radius 2 is 2.29 bits per heavy atom. The van der Waals surface area contributed by atoms with E-state index in [0.29, 0.717) is 0 Å². The fourth-order valence-corrected chi connectivity index (χ4v) is 2.32. The molecule has 5 heteroatoms. The van der Waals surface area contributed by atoms with Crippen molar-refractivity contribution in [1.29, 1.82) is 0 Å². The monoisotopic (exact) mass is 241 g/mol. The summed E-state index contributed by atoms with van der Waals surface area (Å²) >= 11 is 0. The Hall–Kier alpha value is -1.10. The molecule has 1 fully saturated rings. The topological polar surface area (TPSA) is 56.1 Å². The number of amides is 1. The van der Waals surface area contributed by atoms with E-state index in [4.69, 9.17) is 5.21 Å². The van der Waals surface area contributed by atoms with Gasteiger partial charge in [0.05, 0.1) is 11.8 Å². The number of nitrogens with zero attached hydrogens (tertiary/aromatic N) is 3. The highest BCUT2D eigenvalue weighted by molar-refractivity contribution is 5.88. The van der Waals surface area contributed by atoms with Crippen molar-refractivity contribution in [2.24, 2.45) is 11.1 Å². The molecule has 2 atom stereocenters. The van der Waals surface area contributed by atoms with E-state index in [-0.39, 0.29) is 17.9 Å². The number of hydrogen-bond donors (Lipinski definition) is 1. The third-order valence-electron chi connectivity index (χ3n) is 3.55. The molecule has 1 aliphatic rings. The largest absolute Gasteiger partial charge is 0.411 e. The first-order valence-electron chi connectivity index (χ1n) is 6.17. The standard InChI is InChI=1S/C12H23N3O2/c1-5-10-8-15(7-6-11(10)13-17)9(2)12(16)14(3)4/h9-10,17H,5-8H2,1-4H3. The van der Waals surface area contributed by atoms with Crippen molar-refractivity contribution < 1.29 is 10.0 Å². The molecule has 1 heterocycles. The average Bonchev–Trinajstić information content (AvgIpc) is 2.35. The molecule has 1 saturated heterocycles. The van der Waals surface area contributed by atoms with Gasteiger partial charge < -0.3 is 10.1 Å². The molecular weight excluding hydrogens is 218 g/mol. The number of likely N-dealkylation sites (N-methyl/N-ethyl adjacent to an activating group) is 1. The first-order chi connectivity index (χ1) is 8.01. The highest BCUT2D eigenvalue weighted by Gasteiger charge is 2.30. The summed E-state index contributed by atoms with van der Waals surface area (Å²) in [4.78, 5) is 15.7. The van der Waals surface area contributed by atoms with Gasteiger partial charge in [-0.15, -0.1) is 0 Å². The fourth-order valence-electron chi connectivity index (χ4n) is 2.32. The molecule has 0 aromatic carbocycles. The van der Waals surface area contributed by atoms with Gasteiger partial charge in [-0.1, -0.05) is 12.1 Å². The van der Waals surface area contributed by atoms with Crippen molar-refractivity contribution in [2.45, 2.75) is 32.7 Å². The van der Waals surface area contributed by atoms with Crippen molar-refractivity contribution in [3.8, 4) is 0 Å². The van der Waals surface area contributed by atoms with Crippen molar-refractivity contribution in [1.82, 2.24) is 9.80 Å². The molecule has 1 amide bonds. The number of piperidine rings is 1. The van der Waals surface area contributed by atoms with Gasteiger partial charge in [-0.25, -0.2) is 0 Å². The summed E-state index contributed by atoms with van der Waals surface area (Å²) in [5.41, 5.74) is 0.869. The summed E-state index contributed by atoms with van der Waals surface area (Å²) in [5.74, 6) is 0.399. The van der Waals surface area contributed by atoms with Crippen LogP contribution in [-0.4, -0.2) is 59.9 Å². The molecule has 2 unspecified atom stereocenters. The summed E-state index contributed by atoms with van der Waals surface area (Å²) in [5, 5.41) is 12.3. The van der Waals surface area contributed by atoms with Gasteiger partial charge >= 0.3 is 0 Å². The van der Waals surface area contributed by atoms with Crippen LogP contribution in [-0.2, 0) is 4.79 Å². The lowest BCUT2D eigenvalue weighted by Gasteiger charge is -2.36. The maximum Gasteiger partial charge on any atom is 0.239 e. The number of carbonyl (C=O) groups is 1. The predicted molar refractivity (Wildman–Crippen MR) is 67.3 cm³/mol. The van der Waals surface area contributed by atoms with Gasteiger partial charge in [0.25, 0.3) is 0 Å². The Bertz CT molecular complexity index is 302. The van der Waals surface area contributed by atoms with Gasteiger partial charge in [-0.3, -0.25) is 9.69 Å². The normalized spacial score (nSPS) is 25.9. The summed E-state index contributed by atoms with van der Waals surface area (Å²) in [6.45, 7) is 5.61. The minimum atomic E-state index is -0.0979. The molecule has 0 aromatic rings. The van der Waals surface area contributed by atoms with Crippen molar-refractivity contribution in [3.05, 3.63) is 0 Å². The minimum Gasteiger partial charge on any atom is -0.411 e. The third kappa shape index (κ3) is 3.19. The Morgan fingerprint density at radius 1 is 1.65 bits per heavy atom. The van der Waals surface area contributed by atoms with Crippen LogP contribution in [0.3, 0.4) is 0 Å². The number of carbonyl (C=O) groups excluding carboxylic acids is 1. The lowest BCUT2D eigenvalue weighted by Crippen LogP contribution is -2.50. The van der Waals surface area contributed by atoms with Gasteiger partial charge in [0.2, 0.25) is 5.91 Å². The molecule has 0 radical (unpaired) electrons. The van der Waals surface area contributed by atoms with Gasteiger partial charge in [-0.2, -0.15) is 0 Å². The molecule has 1 rings (SSSR count).